The zero-order valence-electron chi connectivity index (χ0n) is 12.2. The maximum Gasteiger partial charge on any atom is 0.167 e. The first-order valence-electron chi connectivity index (χ1n) is 7.14. The maximum atomic E-state index is 12.7. The number of rotatable bonds is 2. The van der Waals surface area contributed by atoms with E-state index in [9.17, 15) is 4.79 Å². The number of halogens is 1. The van der Waals surface area contributed by atoms with Gasteiger partial charge in [-0.25, -0.2) is 0 Å². The Kier molecular flexibility index (Phi) is 2.98. The highest BCUT2D eigenvalue weighted by atomic mass is 35.5. The largest absolute Gasteiger partial charge is 0.294 e. The Labute approximate surface area is 125 Å². The Balaban J connectivity index is 1.96. The lowest BCUT2D eigenvalue weighted by Crippen LogP contribution is -2.32. The van der Waals surface area contributed by atoms with Crippen LogP contribution in [0, 0.1) is 16.7 Å². The highest BCUT2D eigenvalue weighted by molar-refractivity contribution is 6.27. The number of allylic oxidation sites excluding steroid dienone is 1. The molecule has 0 radical (unpaired) electrons. The van der Waals surface area contributed by atoms with E-state index in [2.05, 4.69) is 20.8 Å². The zero-order chi connectivity index (χ0) is 14.5. The number of fused-ring (bicyclic) bond motifs is 2. The predicted molar refractivity (Wildman–Crippen MR) is 82.5 cm³/mol. The van der Waals surface area contributed by atoms with E-state index in [1.165, 1.54) is 0 Å². The second kappa shape index (κ2) is 4.36. The van der Waals surface area contributed by atoms with Crippen LogP contribution >= 0.6 is 11.8 Å². The number of benzene rings is 1. The van der Waals surface area contributed by atoms with E-state index in [1.54, 1.807) is 4.42 Å². The maximum absolute atomic E-state index is 12.7. The average molecular weight is 290 g/mol. The van der Waals surface area contributed by atoms with Crippen molar-refractivity contribution in [1.82, 2.24) is 0 Å². The van der Waals surface area contributed by atoms with Gasteiger partial charge in [-0.3, -0.25) is 9.21 Å². The van der Waals surface area contributed by atoms with Crippen LogP contribution in [0.1, 0.15) is 33.6 Å². The summed E-state index contributed by atoms with van der Waals surface area (Å²) >= 11 is 6.33. The monoisotopic (exact) mass is 289 g/mol. The molecule has 2 nitrogen and oxygen atoms in total. The summed E-state index contributed by atoms with van der Waals surface area (Å²) in [6, 6.07) is 9.71. The van der Waals surface area contributed by atoms with Gasteiger partial charge < -0.3 is 0 Å². The van der Waals surface area contributed by atoms with E-state index in [-0.39, 0.29) is 16.6 Å². The minimum Gasteiger partial charge on any atom is -0.294 e. The lowest BCUT2D eigenvalue weighted by Gasteiger charge is -2.31. The number of hydrogen-bond donors (Lipinski definition) is 0. The molecule has 2 fully saturated rings. The third-order valence-electron chi connectivity index (χ3n) is 5.62. The number of nitrogens with zero attached hydrogens (tertiary/aromatic N) is 1. The predicted octanol–water partition coefficient (Wildman–Crippen LogP) is 4.56. The van der Waals surface area contributed by atoms with Crippen molar-refractivity contribution < 1.29 is 4.79 Å². The summed E-state index contributed by atoms with van der Waals surface area (Å²) < 4.78 is 1.55. The summed E-state index contributed by atoms with van der Waals surface area (Å²) in [6.07, 6.45) is 3.91. The van der Waals surface area contributed by atoms with Gasteiger partial charge in [0.2, 0.25) is 0 Å². The van der Waals surface area contributed by atoms with Crippen LogP contribution in [0.2, 0.25) is 0 Å². The first-order chi connectivity index (χ1) is 9.38. The summed E-state index contributed by atoms with van der Waals surface area (Å²) in [6.45, 7) is 6.53. The number of anilines is 1. The van der Waals surface area contributed by atoms with Gasteiger partial charge in [0.1, 0.15) is 0 Å². The highest BCUT2D eigenvalue weighted by Gasteiger charge is 2.64. The molecule has 0 aliphatic heterocycles. The summed E-state index contributed by atoms with van der Waals surface area (Å²) in [7, 11) is 0. The zero-order valence-corrected chi connectivity index (χ0v) is 12.9. The summed E-state index contributed by atoms with van der Waals surface area (Å²) in [5.41, 5.74) is 1.59. The van der Waals surface area contributed by atoms with Crippen LogP contribution in [0.15, 0.2) is 42.1 Å². The van der Waals surface area contributed by atoms with Crippen LogP contribution < -0.4 is 4.42 Å². The topological polar surface area (TPSA) is 20.3 Å². The van der Waals surface area contributed by atoms with Crippen molar-refractivity contribution in [2.75, 3.05) is 4.42 Å². The Morgan fingerprint density at radius 3 is 2.45 bits per heavy atom. The third kappa shape index (κ3) is 1.67. The standard InChI is InChI=1S/C17H20ClNO/c1-16(2)14-9-10-17(16,3)15(20)13(14)11-19(18)12-7-5-4-6-8-12/h4-8,11,14H,9-10H2,1-3H3/t14-,17+/m1/s1. The first-order valence-corrected chi connectivity index (χ1v) is 7.48. The van der Waals surface area contributed by atoms with Crippen LogP contribution in [-0.4, -0.2) is 5.78 Å². The molecule has 0 heterocycles. The lowest BCUT2D eigenvalue weighted by atomic mass is 9.70. The van der Waals surface area contributed by atoms with E-state index in [0.717, 1.165) is 24.1 Å². The normalized spacial score (nSPS) is 32.9. The molecule has 3 rings (SSSR count). The number of ketones is 1. The number of hydrogen-bond acceptors (Lipinski definition) is 2. The van der Waals surface area contributed by atoms with Gasteiger partial charge in [0.25, 0.3) is 0 Å². The Hall–Kier alpha value is -1.28. The third-order valence-corrected chi connectivity index (χ3v) is 5.91. The van der Waals surface area contributed by atoms with Gasteiger partial charge in [0.05, 0.1) is 5.69 Å². The van der Waals surface area contributed by atoms with Gasteiger partial charge in [0, 0.05) is 29.0 Å². The summed E-state index contributed by atoms with van der Waals surface area (Å²) in [5, 5.41) is 0. The molecule has 1 aromatic rings. The van der Waals surface area contributed by atoms with Gasteiger partial charge in [-0.05, 0) is 36.3 Å². The van der Waals surface area contributed by atoms with E-state index in [0.29, 0.717) is 5.92 Å². The summed E-state index contributed by atoms with van der Waals surface area (Å²) in [4.78, 5) is 12.7. The molecular formula is C17H20ClNO. The van der Waals surface area contributed by atoms with Gasteiger partial charge in [-0.1, -0.05) is 39.0 Å². The van der Waals surface area contributed by atoms with Crippen molar-refractivity contribution in [2.45, 2.75) is 33.6 Å². The molecule has 2 atom stereocenters. The smallest absolute Gasteiger partial charge is 0.167 e. The van der Waals surface area contributed by atoms with Crippen molar-refractivity contribution in [3.8, 4) is 0 Å². The molecule has 2 bridgehead atoms. The number of carbonyl (C=O) groups is 1. The first kappa shape index (κ1) is 13.7. The van der Waals surface area contributed by atoms with Crippen LogP contribution in [0.3, 0.4) is 0 Å². The van der Waals surface area contributed by atoms with Crippen molar-refractivity contribution in [1.29, 1.82) is 0 Å². The van der Waals surface area contributed by atoms with Crippen molar-refractivity contribution >= 4 is 23.2 Å². The molecule has 2 saturated carbocycles. The molecule has 0 aromatic heterocycles. The second-order valence-electron chi connectivity index (χ2n) is 6.71. The molecule has 20 heavy (non-hydrogen) atoms. The Morgan fingerprint density at radius 1 is 1.25 bits per heavy atom. The molecule has 2 aliphatic rings. The quantitative estimate of drug-likeness (QED) is 0.588. The van der Waals surface area contributed by atoms with Crippen LogP contribution in [-0.2, 0) is 4.79 Å². The van der Waals surface area contributed by atoms with E-state index < -0.39 is 0 Å². The average Bonchev–Trinajstić information content (AvgIpc) is 2.74. The minimum atomic E-state index is -0.224. The molecule has 1 aromatic carbocycles. The van der Waals surface area contributed by atoms with Crippen LogP contribution in [0.4, 0.5) is 5.69 Å². The molecule has 2 aliphatic carbocycles. The molecule has 106 valence electrons. The number of para-hydroxylation sites is 1. The van der Waals surface area contributed by atoms with Crippen LogP contribution in [0.25, 0.3) is 0 Å². The van der Waals surface area contributed by atoms with Crippen molar-refractivity contribution in [2.24, 2.45) is 16.7 Å². The SMILES string of the molecule is CC1(C)[C@@H]2CC[C@@]1(C)C(=O)C2=CN(Cl)c1ccccc1. The van der Waals surface area contributed by atoms with Crippen molar-refractivity contribution in [3.05, 3.63) is 42.1 Å². The highest BCUT2D eigenvalue weighted by Crippen LogP contribution is 2.65. The van der Waals surface area contributed by atoms with Crippen molar-refractivity contribution in [3.63, 3.8) is 0 Å². The van der Waals surface area contributed by atoms with Gasteiger partial charge in [0.15, 0.2) is 5.78 Å². The molecular weight excluding hydrogens is 270 g/mol. The Morgan fingerprint density at radius 2 is 1.90 bits per heavy atom. The van der Waals surface area contributed by atoms with E-state index >= 15 is 0 Å². The van der Waals surface area contributed by atoms with Gasteiger partial charge >= 0.3 is 0 Å². The van der Waals surface area contributed by atoms with Gasteiger partial charge in [-0.15, -0.1) is 0 Å². The van der Waals surface area contributed by atoms with E-state index in [4.69, 9.17) is 11.8 Å². The minimum absolute atomic E-state index is 0.0321. The number of Topliss-reactive ketones (excluding diaryl/α,β-unsaturated/α-hetero) is 1. The fraction of sp³-hybridized carbons (Fsp3) is 0.471. The molecule has 0 amide bonds. The molecule has 0 spiro atoms. The molecule has 0 saturated heterocycles. The fourth-order valence-electron chi connectivity index (χ4n) is 3.84. The van der Waals surface area contributed by atoms with Gasteiger partial charge in [-0.2, -0.15) is 0 Å². The molecule has 0 N–H and O–H groups in total. The molecule has 0 unspecified atom stereocenters. The molecule has 3 heteroatoms. The summed E-state index contributed by atoms with van der Waals surface area (Å²) in [5.74, 6) is 0.602. The number of carbonyl (C=O) groups excluding carboxylic acids is 1. The fourth-order valence-corrected chi connectivity index (χ4v) is 4.06. The van der Waals surface area contributed by atoms with E-state index in [1.807, 2.05) is 36.5 Å². The second-order valence-corrected chi connectivity index (χ2v) is 7.07. The Bertz CT molecular complexity index is 578. The lowest BCUT2D eigenvalue weighted by molar-refractivity contribution is -0.125. The van der Waals surface area contributed by atoms with Crippen LogP contribution in [0.5, 0.6) is 0 Å².